The van der Waals surface area contributed by atoms with E-state index < -0.39 is 112 Å². The van der Waals surface area contributed by atoms with E-state index in [9.17, 15) is 33.9 Å². The highest BCUT2D eigenvalue weighted by Crippen LogP contribution is 2.68. The topological polar surface area (TPSA) is 364 Å². The molecule has 24 nitrogen and oxygen atoms in total. The number of carbonyl (C=O) groups is 7. The number of rotatable bonds is 13. The van der Waals surface area contributed by atoms with Crippen molar-refractivity contribution in [2.45, 2.75) is 118 Å². The molecule has 1 saturated carbocycles. The van der Waals surface area contributed by atoms with E-state index in [4.69, 9.17) is 59.8 Å². The van der Waals surface area contributed by atoms with Gasteiger partial charge >= 0.3 is 41.8 Å². The van der Waals surface area contributed by atoms with E-state index in [-0.39, 0.29) is 31.3 Å². The lowest BCUT2D eigenvalue weighted by atomic mass is 9.47. The number of alkyl halides is 2. The largest absolute Gasteiger partial charge is 0.496 e. The number of H-pyrrole nitrogens is 1. The van der Waals surface area contributed by atoms with Crippen LogP contribution in [0.1, 0.15) is 68.8 Å². The first kappa shape index (κ1) is 59.8. The molecule has 6 heterocycles. The van der Waals surface area contributed by atoms with Crippen molar-refractivity contribution < 1.29 is 107 Å². The average molecular weight is 1120 g/mol. The van der Waals surface area contributed by atoms with Gasteiger partial charge in [0.2, 0.25) is 11.5 Å². The first-order valence-corrected chi connectivity index (χ1v) is 25.3. The highest BCUT2D eigenvalue weighted by atomic mass is 19.3. The highest BCUT2D eigenvalue weighted by molar-refractivity contribution is 5.95. The molecule has 5 aliphatic heterocycles. The number of nitrogens with one attached hydrogen (secondary N) is 1. The van der Waals surface area contributed by atoms with E-state index in [1.165, 1.54) is 28.3 Å². The van der Waals surface area contributed by atoms with Crippen LogP contribution in [0, 0.1) is 17.3 Å². The third kappa shape index (κ3) is 9.73. The molecule has 2 unspecified atom stereocenters. The van der Waals surface area contributed by atoms with Crippen LogP contribution in [0.3, 0.4) is 0 Å². The summed E-state index contributed by atoms with van der Waals surface area (Å²) in [4.78, 5) is 91.6. The number of piperidine rings is 1. The number of ether oxygens (including phenoxy) is 4. The Labute approximate surface area is 450 Å². The molecule has 14 atom stereocenters. The molecule has 1 aromatic heterocycles. The number of aliphatic hydroxyl groups excluding tert-OH is 4. The first-order valence-electron chi connectivity index (χ1n) is 25.3. The molecular formula is C53H66F2N4O20. The van der Waals surface area contributed by atoms with Gasteiger partial charge in [0.1, 0.15) is 11.2 Å². The molecule has 10 N–H and O–H groups in total. The smallest absolute Gasteiger partial charge is 0.344 e. The van der Waals surface area contributed by atoms with Gasteiger partial charge in [-0.15, -0.1) is 0 Å². The molecule has 432 valence electrons. The summed E-state index contributed by atoms with van der Waals surface area (Å²) >= 11 is 0. The lowest BCUT2D eigenvalue weighted by molar-refractivity contribution is -0.228. The van der Waals surface area contributed by atoms with Gasteiger partial charge in [0.15, 0.2) is 30.5 Å². The van der Waals surface area contributed by atoms with Crippen LogP contribution >= 0.6 is 0 Å². The number of esters is 3. The maximum atomic E-state index is 15.3. The van der Waals surface area contributed by atoms with Crippen molar-refractivity contribution in [3.8, 4) is 5.75 Å². The van der Waals surface area contributed by atoms with E-state index in [0.717, 1.165) is 29.0 Å². The maximum Gasteiger partial charge on any atom is 0.344 e. The van der Waals surface area contributed by atoms with Gasteiger partial charge in [0.05, 0.1) is 27.4 Å². The quantitative estimate of drug-likeness (QED) is 0.0644. The summed E-state index contributed by atoms with van der Waals surface area (Å²) < 4.78 is 54.3. The van der Waals surface area contributed by atoms with Crippen molar-refractivity contribution in [1.82, 2.24) is 14.8 Å². The van der Waals surface area contributed by atoms with Gasteiger partial charge in [-0.1, -0.05) is 37.3 Å². The number of benzene rings is 2. The summed E-state index contributed by atoms with van der Waals surface area (Å²) in [6, 6.07) is 10.3. The van der Waals surface area contributed by atoms with Gasteiger partial charge in [0, 0.05) is 96.9 Å². The zero-order chi connectivity index (χ0) is 58.6. The number of carboxylic acids is 4. The van der Waals surface area contributed by atoms with Crippen molar-refractivity contribution in [2.75, 3.05) is 59.5 Å². The molecule has 1 aliphatic carbocycles. The summed E-state index contributed by atoms with van der Waals surface area (Å²) in [7, 11) is 5.94. The number of hydrogen-bond acceptors (Lipinski definition) is 19. The van der Waals surface area contributed by atoms with Crippen molar-refractivity contribution in [3.05, 3.63) is 70.9 Å². The number of carboxylic acid groups (broad SMARTS) is 4. The predicted molar refractivity (Wildman–Crippen MR) is 269 cm³/mol. The van der Waals surface area contributed by atoms with Crippen LogP contribution < -0.4 is 9.64 Å². The number of aliphatic hydroxyl groups is 5. The van der Waals surface area contributed by atoms with Crippen molar-refractivity contribution >= 4 is 58.4 Å². The second-order valence-corrected chi connectivity index (χ2v) is 21.2. The van der Waals surface area contributed by atoms with Crippen molar-refractivity contribution in [2.24, 2.45) is 17.3 Å². The number of methoxy groups -OCH3 is 3. The molecule has 2 aromatic carbocycles. The molecule has 26 heteroatoms. The van der Waals surface area contributed by atoms with Crippen LogP contribution in [0.15, 0.2) is 48.6 Å². The molecule has 1 spiro atoms. The van der Waals surface area contributed by atoms with Crippen LogP contribution in [0.5, 0.6) is 5.75 Å². The van der Waals surface area contributed by atoms with Gasteiger partial charge < -0.3 is 74.8 Å². The Morgan fingerprint density at radius 3 is 1.94 bits per heavy atom. The number of hydrogen-bond donors (Lipinski definition) is 10. The Hall–Kier alpha value is -6.81. The Balaban J connectivity index is 0.000000384. The molecule has 79 heavy (non-hydrogen) atoms. The molecule has 0 amide bonds. The standard InChI is InChI=1S/C45H54F2N4O8.2C4H6O6/c1-8-42-14-11-16-51-17-15-43(36(42)51)30-19-31(34(56-5)20-33(30)49(4)37(43)45(55,40(54)58-7)38(42)59-25(2)52)44(39(53)57-6)21-26-18-27(41(3,46)47)23-50(22-26)24-29-28-12-9-10-13-32(28)48-35(29)44;2*5-1(3(7)8)2(6)4(9)10/h9-14,19-20,26-27,36-38,48,55H,8,15-18,21-24H2,1-7H3;2*1-2,5-6H,(H,7,8)(H,9,10)/t26?,27-,36+,37-,38-,42-,43-,44+,45+;2*1-,2-/m111/s1. The summed E-state index contributed by atoms with van der Waals surface area (Å²) in [5.41, 5.74) is -1.64. The zero-order valence-corrected chi connectivity index (χ0v) is 44.3. The van der Waals surface area contributed by atoms with Crippen LogP contribution in [-0.2, 0) is 65.1 Å². The van der Waals surface area contributed by atoms with Gasteiger partial charge in [0.25, 0.3) is 0 Å². The SMILES string of the molecule is CC[C@]12C=CCN3CC[C@@]4(c5cc([C@@]6(C(=O)OC)CC7C[C@@H](C(C)(F)F)CN(Cc8c6[nH]c6ccccc86)C7)c(OC)cc5N(C)[C@H]4[C@@](O)(C(=O)OC)[C@@H]1OC(C)=O)[C@@H]32.O=C(O)[C@H](O)[C@@H](O)C(=O)O.O=C(O)[C@H](O)[C@@H](O)C(=O)O. The van der Waals surface area contributed by atoms with Gasteiger partial charge in [-0.3, -0.25) is 19.4 Å². The van der Waals surface area contributed by atoms with E-state index >= 15 is 13.6 Å². The minimum Gasteiger partial charge on any atom is -0.496 e. The van der Waals surface area contributed by atoms with Crippen LogP contribution in [0.4, 0.5) is 14.5 Å². The predicted octanol–water partition coefficient (Wildman–Crippen LogP) is 0.834. The third-order valence-electron chi connectivity index (χ3n) is 16.9. The second-order valence-electron chi connectivity index (χ2n) is 21.2. The third-order valence-corrected chi connectivity index (χ3v) is 16.9. The molecule has 3 aromatic rings. The Kier molecular flexibility index (Phi) is 16.7. The molecule has 2 saturated heterocycles. The monoisotopic (exact) mass is 1120 g/mol. The molecule has 3 fully saturated rings. The number of aromatic nitrogens is 1. The van der Waals surface area contributed by atoms with Crippen molar-refractivity contribution in [3.63, 3.8) is 0 Å². The van der Waals surface area contributed by atoms with E-state index in [2.05, 4.69) is 14.8 Å². The van der Waals surface area contributed by atoms with E-state index in [1.807, 2.05) is 67.4 Å². The summed E-state index contributed by atoms with van der Waals surface area (Å²) in [6.07, 6.45) is -5.03. The fourth-order valence-electron chi connectivity index (χ4n) is 13.8. The number of aromatic amines is 1. The normalized spacial score (nSPS) is 30.7. The number of likely N-dealkylation sites (N-methyl/N-ethyl adjacent to an activating group) is 1. The molecular weight excluding hydrogens is 1050 g/mol. The Morgan fingerprint density at radius 2 is 1.42 bits per heavy atom. The summed E-state index contributed by atoms with van der Waals surface area (Å²) in [6.45, 7) is 6.55. The van der Waals surface area contributed by atoms with Crippen LogP contribution in [-0.4, -0.2) is 211 Å². The van der Waals surface area contributed by atoms with Crippen molar-refractivity contribution in [1.29, 1.82) is 0 Å². The zero-order valence-electron chi connectivity index (χ0n) is 44.3. The second kappa shape index (κ2) is 22.0. The van der Waals surface area contributed by atoms with Gasteiger partial charge in [-0.05, 0) is 68.3 Å². The number of fused-ring (bicyclic) bond motifs is 6. The fourth-order valence-corrected chi connectivity index (χ4v) is 13.8. The Bertz CT molecular complexity index is 2860. The summed E-state index contributed by atoms with van der Waals surface area (Å²) in [5.74, 6) is -13.0. The number of halogens is 2. The molecule has 2 bridgehead atoms. The number of anilines is 1. The van der Waals surface area contributed by atoms with Gasteiger partial charge in [-0.2, -0.15) is 0 Å². The summed E-state index contributed by atoms with van der Waals surface area (Å²) in [5, 5.41) is 79.2. The molecule has 0 radical (unpaired) electrons. The maximum absolute atomic E-state index is 15.3. The highest BCUT2D eigenvalue weighted by Gasteiger charge is 2.80. The number of para-hydroxylation sites is 1. The fraction of sp³-hybridized carbons (Fsp3) is 0.566. The van der Waals surface area contributed by atoms with Crippen LogP contribution in [0.2, 0.25) is 0 Å². The lowest BCUT2D eigenvalue weighted by Gasteiger charge is -2.63. The van der Waals surface area contributed by atoms with Gasteiger partial charge in [-0.25, -0.2) is 32.8 Å². The van der Waals surface area contributed by atoms with Crippen LogP contribution in [0.25, 0.3) is 10.9 Å². The molecule has 9 rings (SSSR count). The minimum atomic E-state index is -2.94. The number of aliphatic carboxylic acids is 4. The molecule has 6 aliphatic rings. The van der Waals surface area contributed by atoms with E-state index in [1.54, 1.807) is 0 Å². The number of nitrogens with zero attached hydrogens (tertiary/aromatic N) is 3. The first-order chi connectivity index (χ1) is 37.0. The lowest BCUT2D eigenvalue weighted by Crippen LogP contribution is -2.81. The minimum absolute atomic E-state index is 0.155. The Morgan fingerprint density at radius 1 is 0.835 bits per heavy atom. The number of carbonyl (C=O) groups excluding carboxylic acids is 3. The average Bonchev–Trinajstić information content (AvgIpc) is 2.36. The van der Waals surface area contributed by atoms with E-state index in [0.29, 0.717) is 61.7 Å².